The second-order valence-electron chi connectivity index (χ2n) is 11.9. The number of hydrogen-bond acceptors (Lipinski definition) is 1. The lowest BCUT2D eigenvalue weighted by Gasteiger charge is -2.19. The molecule has 0 aromatic carbocycles. The molecule has 33 heavy (non-hydrogen) atoms. The van der Waals surface area contributed by atoms with E-state index < -0.39 is 0 Å². The third-order valence-corrected chi connectivity index (χ3v) is 8.80. The van der Waals surface area contributed by atoms with Gasteiger partial charge in [0.1, 0.15) is 0 Å². The van der Waals surface area contributed by atoms with Gasteiger partial charge in [-0.15, -0.1) is 0 Å². The van der Waals surface area contributed by atoms with Gasteiger partial charge < -0.3 is 5.32 Å². The second kappa shape index (κ2) is 22.4. The first-order chi connectivity index (χ1) is 16.4. The summed E-state index contributed by atoms with van der Waals surface area (Å²) in [5.41, 5.74) is 0. The van der Waals surface area contributed by atoms with E-state index in [4.69, 9.17) is 0 Å². The van der Waals surface area contributed by atoms with Crippen LogP contribution in [0.15, 0.2) is 0 Å². The maximum absolute atomic E-state index is 3.95. The highest BCUT2D eigenvalue weighted by atomic mass is 14.9. The zero-order chi connectivity index (χ0) is 23.1. The molecule has 2 fully saturated rings. The molecule has 2 rings (SSSR count). The van der Waals surface area contributed by atoms with E-state index >= 15 is 0 Å². The van der Waals surface area contributed by atoms with Gasteiger partial charge in [0, 0.05) is 6.04 Å². The summed E-state index contributed by atoms with van der Waals surface area (Å²) in [6, 6.07) is 0.815. The smallest absolute Gasteiger partial charge is 0.00670 e. The normalized spacial score (nSPS) is 22.9. The van der Waals surface area contributed by atoms with Gasteiger partial charge >= 0.3 is 0 Å². The minimum absolute atomic E-state index is 0.815. The molecule has 0 unspecified atom stereocenters. The largest absolute Gasteiger partial charge is 0.314 e. The highest BCUT2D eigenvalue weighted by Crippen LogP contribution is 2.25. The lowest BCUT2D eigenvalue weighted by Crippen LogP contribution is -2.30. The first-order valence-electron chi connectivity index (χ1n) is 16.2. The average Bonchev–Trinajstić information content (AvgIpc) is 2.84. The maximum Gasteiger partial charge on any atom is 0.00670 e. The molecule has 0 aromatic rings. The van der Waals surface area contributed by atoms with Gasteiger partial charge in [-0.3, -0.25) is 0 Å². The van der Waals surface area contributed by atoms with Crippen molar-refractivity contribution >= 4 is 0 Å². The summed E-state index contributed by atoms with van der Waals surface area (Å²) >= 11 is 0. The Bertz CT molecular complexity index is 366. The molecule has 2 aliphatic rings. The van der Waals surface area contributed by atoms with Crippen molar-refractivity contribution in [3.05, 3.63) is 0 Å². The summed E-state index contributed by atoms with van der Waals surface area (Å²) in [6.07, 6.45) is 43.1. The number of unbranched alkanes of at least 4 members (excludes halogenated alkanes) is 4. The van der Waals surface area contributed by atoms with Gasteiger partial charge in [-0.2, -0.15) is 0 Å². The molecule has 2 aliphatic carbocycles. The van der Waals surface area contributed by atoms with Gasteiger partial charge in [0.15, 0.2) is 0 Å². The topological polar surface area (TPSA) is 12.0 Å². The molecule has 1 heteroatoms. The lowest BCUT2D eigenvalue weighted by atomic mass is 9.90. The van der Waals surface area contributed by atoms with Crippen molar-refractivity contribution in [2.45, 2.75) is 192 Å². The molecule has 2 saturated carbocycles. The van der Waals surface area contributed by atoms with Crippen LogP contribution in [0.5, 0.6) is 0 Å². The summed E-state index contributed by atoms with van der Waals surface area (Å²) in [6.45, 7) is 1.27. The molecule has 1 N–H and O–H groups in total. The van der Waals surface area contributed by atoms with Gasteiger partial charge in [-0.05, 0) is 31.7 Å². The van der Waals surface area contributed by atoms with Crippen LogP contribution in [-0.2, 0) is 0 Å². The van der Waals surface area contributed by atoms with Crippen molar-refractivity contribution in [3.63, 3.8) is 0 Å². The van der Waals surface area contributed by atoms with Crippen molar-refractivity contribution < 1.29 is 0 Å². The molecule has 0 saturated heterocycles. The fourth-order valence-electron chi connectivity index (χ4n) is 6.48. The van der Waals surface area contributed by atoms with Gasteiger partial charge in [0.05, 0.1) is 0 Å². The fraction of sp³-hybridized carbons (Fsp3) is 1.00. The molecule has 0 amide bonds. The van der Waals surface area contributed by atoms with Gasteiger partial charge in [-0.25, -0.2) is 0 Å². The van der Waals surface area contributed by atoms with Crippen molar-refractivity contribution in [1.29, 1.82) is 0 Å². The predicted octanol–water partition coefficient (Wildman–Crippen LogP) is 10.9. The third kappa shape index (κ3) is 18.0. The van der Waals surface area contributed by atoms with Crippen LogP contribution in [0, 0.1) is 5.92 Å². The Morgan fingerprint density at radius 2 is 0.727 bits per heavy atom. The number of rotatable bonds is 9. The quantitative estimate of drug-likeness (QED) is 0.336. The Morgan fingerprint density at radius 3 is 1.21 bits per heavy atom. The van der Waals surface area contributed by atoms with Crippen molar-refractivity contribution in [2.75, 3.05) is 6.54 Å². The maximum atomic E-state index is 3.95. The van der Waals surface area contributed by atoms with E-state index in [0.717, 1.165) is 12.0 Å². The van der Waals surface area contributed by atoms with E-state index in [2.05, 4.69) is 5.32 Å². The number of hydrogen-bond donors (Lipinski definition) is 1. The molecular weight excluding hydrogens is 398 g/mol. The zero-order valence-electron chi connectivity index (χ0n) is 22.9. The van der Waals surface area contributed by atoms with Gasteiger partial charge in [0.2, 0.25) is 0 Å². The Morgan fingerprint density at radius 1 is 0.364 bits per heavy atom. The molecule has 0 spiro atoms. The fourth-order valence-corrected chi connectivity index (χ4v) is 6.48. The highest BCUT2D eigenvalue weighted by molar-refractivity contribution is 4.68. The van der Waals surface area contributed by atoms with Crippen LogP contribution >= 0.6 is 0 Å². The Hall–Kier alpha value is -0.0400. The van der Waals surface area contributed by atoms with E-state index in [1.54, 1.807) is 0 Å². The predicted molar refractivity (Wildman–Crippen MR) is 149 cm³/mol. The standard InChI is InChI=1S/C32H63N/c1-2-5-9-14-20-26-31(25-19-13-8-4-1)27-21-15-12-18-24-30-33-32-28-22-16-10-6-3-7-11-17-23-29-32/h31-33H,1-30H2. The van der Waals surface area contributed by atoms with Crippen molar-refractivity contribution in [3.8, 4) is 0 Å². The molecule has 0 atom stereocenters. The van der Waals surface area contributed by atoms with Crippen molar-refractivity contribution in [1.82, 2.24) is 5.32 Å². The molecule has 196 valence electrons. The summed E-state index contributed by atoms with van der Waals surface area (Å²) in [7, 11) is 0. The lowest BCUT2D eigenvalue weighted by molar-refractivity contribution is 0.367. The summed E-state index contributed by atoms with van der Waals surface area (Å²) in [5.74, 6) is 1.05. The van der Waals surface area contributed by atoms with Crippen LogP contribution in [-0.4, -0.2) is 12.6 Å². The Labute approximate surface area is 210 Å². The Balaban J connectivity index is 1.47. The van der Waals surface area contributed by atoms with Crippen LogP contribution < -0.4 is 5.32 Å². The summed E-state index contributed by atoms with van der Waals surface area (Å²) in [4.78, 5) is 0. The molecule has 0 bridgehead atoms. The van der Waals surface area contributed by atoms with Gasteiger partial charge in [-0.1, -0.05) is 167 Å². The van der Waals surface area contributed by atoms with Gasteiger partial charge in [0.25, 0.3) is 0 Å². The molecule has 0 heterocycles. The second-order valence-corrected chi connectivity index (χ2v) is 11.9. The number of nitrogens with one attached hydrogen (secondary N) is 1. The van der Waals surface area contributed by atoms with E-state index in [0.29, 0.717) is 0 Å². The molecule has 1 nitrogen and oxygen atoms in total. The van der Waals surface area contributed by atoms with E-state index in [1.165, 1.54) is 193 Å². The summed E-state index contributed by atoms with van der Waals surface area (Å²) in [5, 5.41) is 3.95. The first kappa shape index (κ1) is 29.2. The van der Waals surface area contributed by atoms with Crippen LogP contribution in [0.4, 0.5) is 0 Å². The minimum Gasteiger partial charge on any atom is -0.314 e. The summed E-state index contributed by atoms with van der Waals surface area (Å²) < 4.78 is 0. The first-order valence-corrected chi connectivity index (χ1v) is 16.2. The van der Waals surface area contributed by atoms with E-state index in [-0.39, 0.29) is 0 Å². The molecule has 0 aliphatic heterocycles. The van der Waals surface area contributed by atoms with Crippen LogP contribution in [0.3, 0.4) is 0 Å². The molecule has 0 radical (unpaired) electrons. The average molecular weight is 462 g/mol. The Kier molecular flexibility index (Phi) is 19.8. The van der Waals surface area contributed by atoms with Crippen molar-refractivity contribution in [2.24, 2.45) is 5.92 Å². The monoisotopic (exact) mass is 461 g/mol. The highest BCUT2D eigenvalue weighted by Gasteiger charge is 2.10. The third-order valence-electron chi connectivity index (χ3n) is 8.80. The zero-order valence-corrected chi connectivity index (χ0v) is 22.9. The minimum atomic E-state index is 0.815. The molecular formula is C32H63N. The van der Waals surface area contributed by atoms with E-state index in [9.17, 15) is 0 Å². The van der Waals surface area contributed by atoms with Crippen LogP contribution in [0.1, 0.15) is 186 Å². The van der Waals surface area contributed by atoms with E-state index in [1.807, 2.05) is 0 Å². The van der Waals surface area contributed by atoms with Crippen LogP contribution in [0.25, 0.3) is 0 Å². The molecule has 0 aromatic heterocycles. The SMILES string of the molecule is C1CCCCCCC(CCCCCCCNC2CCCCCCCCCCC2)CCCCC1. The van der Waals surface area contributed by atoms with Crippen LogP contribution in [0.2, 0.25) is 0 Å².